The Labute approximate surface area is 126 Å². The Hall–Kier alpha value is -2.95. The number of aromatic nitrogens is 1. The van der Waals surface area contributed by atoms with E-state index in [9.17, 15) is 9.18 Å². The average molecular weight is 296 g/mol. The van der Waals surface area contributed by atoms with Crippen LogP contribution < -0.4 is 5.32 Å². The van der Waals surface area contributed by atoms with Crippen LogP contribution in [0.25, 0.3) is 11.1 Å². The van der Waals surface area contributed by atoms with Gasteiger partial charge in [-0.1, -0.05) is 36.4 Å². The summed E-state index contributed by atoms with van der Waals surface area (Å²) < 4.78 is 19.0. The molecule has 22 heavy (non-hydrogen) atoms. The summed E-state index contributed by atoms with van der Waals surface area (Å²) in [6, 6.07) is 13.6. The number of benzene rings is 2. The summed E-state index contributed by atoms with van der Waals surface area (Å²) in [5, 5.41) is 2.66. The summed E-state index contributed by atoms with van der Waals surface area (Å²) in [6.45, 7) is 0.234. The molecule has 2 aromatic carbocycles. The van der Waals surface area contributed by atoms with Gasteiger partial charge >= 0.3 is 0 Å². The highest BCUT2D eigenvalue weighted by atomic mass is 19.1. The third-order valence-corrected chi connectivity index (χ3v) is 3.23. The van der Waals surface area contributed by atoms with Gasteiger partial charge in [0.1, 0.15) is 12.1 Å². The second-order valence-corrected chi connectivity index (χ2v) is 4.72. The molecule has 3 rings (SSSR count). The molecule has 0 aliphatic heterocycles. The molecule has 0 saturated heterocycles. The molecule has 0 bridgehead atoms. The first kappa shape index (κ1) is 14.0. The second kappa shape index (κ2) is 6.22. The molecular formula is C17H13FN2O2. The number of rotatable bonds is 4. The molecule has 0 aliphatic rings. The van der Waals surface area contributed by atoms with Crippen LogP contribution in [0.2, 0.25) is 0 Å². The molecule has 5 heteroatoms. The van der Waals surface area contributed by atoms with E-state index in [4.69, 9.17) is 4.42 Å². The van der Waals surface area contributed by atoms with Gasteiger partial charge in [-0.05, 0) is 17.7 Å². The number of hydrogen-bond donors (Lipinski definition) is 1. The lowest BCUT2D eigenvalue weighted by molar-refractivity contribution is 0.0950. The first-order chi connectivity index (χ1) is 10.7. The van der Waals surface area contributed by atoms with E-state index in [0.717, 1.165) is 5.56 Å². The Morgan fingerprint density at radius 1 is 1.18 bits per heavy atom. The predicted octanol–water partition coefficient (Wildman–Crippen LogP) is 3.41. The maximum atomic E-state index is 14.2. The smallest absolute Gasteiger partial charge is 0.251 e. The van der Waals surface area contributed by atoms with Crippen molar-refractivity contribution >= 4 is 5.91 Å². The van der Waals surface area contributed by atoms with E-state index in [1.165, 1.54) is 18.7 Å². The van der Waals surface area contributed by atoms with Crippen molar-refractivity contribution in [1.82, 2.24) is 10.3 Å². The van der Waals surface area contributed by atoms with Crippen molar-refractivity contribution in [2.24, 2.45) is 0 Å². The fraction of sp³-hybridized carbons (Fsp3) is 0.0588. The van der Waals surface area contributed by atoms with Crippen molar-refractivity contribution in [3.63, 3.8) is 0 Å². The number of carbonyl (C=O) groups excluding carboxylic acids is 1. The first-order valence-corrected chi connectivity index (χ1v) is 6.74. The normalized spacial score (nSPS) is 10.4. The van der Waals surface area contributed by atoms with Crippen LogP contribution >= 0.6 is 0 Å². The Balaban J connectivity index is 1.75. The Morgan fingerprint density at radius 3 is 2.68 bits per heavy atom. The van der Waals surface area contributed by atoms with E-state index < -0.39 is 5.82 Å². The highest BCUT2D eigenvalue weighted by Crippen LogP contribution is 2.23. The largest absolute Gasteiger partial charge is 0.451 e. The number of nitrogens with one attached hydrogen (secondary N) is 1. The van der Waals surface area contributed by atoms with Gasteiger partial charge in [0.05, 0.1) is 12.2 Å². The van der Waals surface area contributed by atoms with Crippen LogP contribution in [-0.2, 0) is 6.54 Å². The molecular weight excluding hydrogens is 283 g/mol. The van der Waals surface area contributed by atoms with Crippen LogP contribution in [0.5, 0.6) is 0 Å². The molecule has 0 saturated carbocycles. The lowest BCUT2D eigenvalue weighted by Gasteiger charge is -2.07. The van der Waals surface area contributed by atoms with Crippen LogP contribution in [-0.4, -0.2) is 10.9 Å². The van der Waals surface area contributed by atoms with E-state index >= 15 is 0 Å². The van der Waals surface area contributed by atoms with Crippen molar-refractivity contribution < 1.29 is 13.6 Å². The number of carbonyl (C=O) groups is 1. The summed E-state index contributed by atoms with van der Waals surface area (Å²) in [5.41, 5.74) is 2.11. The number of halogens is 1. The SMILES string of the molecule is O=C(NCc1cocn1)c1ccc(-c2ccccc2)c(F)c1. The first-order valence-electron chi connectivity index (χ1n) is 6.74. The zero-order valence-corrected chi connectivity index (χ0v) is 11.6. The van der Waals surface area contributed by atoms with Crippen molar-refractivity contribution in [1.29, 1.82) is 0 Å². The molecule has 0 aliphatic carbocycles. The van der Waals surface area contributed by atoms with Gasteiger partial charge in [0.2, 0.25) is 0 Å². The zero-order chi connectivity index (χ0) is 15.4. The second-order valence-electron chi connectivity index (χ2n) is 4.72. The molecule has 0 unspecified atom stereocenters. The van der Waals surface area contributed by atoms with E-state index in [0.29, 0.717) is 11.3 Å². The number of nitrogens with zero attached hydrogens (tertiary/aromatic N) is 1. The highest BCUT2D eigenvalue weighted by molar-refractivity contribution is 5.94. The van der Waals surface area contributed by atoms with Gasteiger partial charge in [-0.3, -0.25) is 4.79 Å². The molecule has 4 nitrogen and oxygen atoms in total. The van der Waals surface area contributed by atoms with Gasteiger partial charge < -0.3 is 9.73 Å². The fourth-order valence-electron chi connectivity index (χ4n) is 2.11. The van der Waals surface area contributed by atoms with Gasteiger partial charge in [-0.2, -0.15) is 0 Å². The van der Waals surface area contributed by atoms with Gasteiger partial charge in [-0.15, -0.1) is 0 Å². The zero-order valence-electron chi connectivity index (χ0n) is 11.6. The van der Waals surface area contributed by atoms with Crippen LogP contribution in [0.1, 0.15) is 16.1 Å². The number of hydrogen-bond acceptors (Lipinski definition) is 3. The molecule has 0 radical (unpaired) electrons. The average Bonchev–Trinajstić information content (AvgIpc) is 3.07. The van der Waals surface area contributed by atoms with Gasteiger partial charge in [0.25, 0.3) is 5.91 Å². The highest BCUT2D eigenvalue weighted by Gasteiger charge is 2.11. The molecule has 1 heterocycles. The van der Waals surface area contributed by atoms with Crippen molar-refractivity contribution in [2.75, 3.05) is 0 Å². The Bertz CT molecular complexity index is 771. The third kappa shape index (κ3) is 3.03. The maximum Gasteiger partial charge on any atom is 0.251 e. The van der Waals surface area contributed by atoms with E-state index in [1.807, 2.05) is 30.3 Å². The minimum Gasteiger partial charge on any atom is -0.451 e. The number of amides is 1. The lowest BCUT2D eigenvalue weighted by Crippen LogP contribution is -2.23. The molecule has 0 spiro atoms. The van der Waals surface area contributed by atoms with E-state index in [2.05, 4.69) is 10.3 Å². The number of oxazole rings is 1. The summed E-state index contributed by atoms with van der Waals surface area (Å²) in [5.74, 6) is -0.790. The summed E-state index contributed by atoms with van der Waals surface area (Å²) in [6.07, 6.45) is 2.73. The van der Waals surface area contributed by atoms with Crippen molar-refractivity contribution in [3.05, 3.63) is 78.3 Å². The van der Waals surface area contributed by atoms with Crippen molar-refractivity contribution in [3.8, 4) is 11.1 Å². The van der Waals surface area contributed by atoms with Crippen LogP contribution in [0.15, 0.2) is 65.6 Å². The topological polar surface area (TPSA) is 55.1 Å². The minimum absolute atomic E-state index is 0.234. The lowest BCUT2D eigenvalue weighted by atomic mass is 10.0. The Morgan fingerprint density at radius 2 is 2.00 bits per heavy atom. The van der Waals surface area contributed by atoms with Gasteiger partial charge in [0.15, 0.2) is 6.39 Å². The predicted molar refractivity (Wildman–Crippen MR) is 79.5 cm³/mol. The summed E-state index contributed by atoms with van der Waals surface area (Å²) in [4.78, 5) is 15.9. The summed E-state index contributed by atoms with van der Waals surface area (Å²) in [7, 11) is 0. The molecule has 0 fully saturated rings. The van der Waals surface area contributed by atoms with E-state index in [1.54, 1.807) is 12.1 Å². The molecule has 110 valence electrons. The molecule has 3 aromatic rings. The van der Waals surface area contributed by atoms with Gasteiger partial charge in [-0.25, -0.2) is 9.37 Å². The van der Waals surface area contributed by atoms with Gasteiger partial charge in [0, 0.05) is 11.1 Å². The fourth-order valence-corrected chi connectivity index (χ4v) is 2.11. The molecule has 1 amide bonds. The monoisotopic (exact) mass is 296 g/mol. The maximum absolute atomic E-state index is 14.2. The molecule has 1 aromatic heterocycles. The molecule has 0 atom stereocenters. The molecule has 1 N–H and O–H groups in total. The summed E-state index contributed by atoms with van der Waals surface area (Å²) >= 11 is 0. The van der Waals surface area contributed by atoms with Crippen molar-refractivity contribution in [2.45, 2.75) is 6.54 Å². The third-order valence-electron chi connectivity index (χ3n) is 3.23. The quantitative estimate of drug-likeness (QED) is 0.802. The standard InChI is InChI=1S/C17H13FN2O2/c18-16-8-13(17(21)19-9-14-10-22-11-20-14)6-7-15(16)12-4-2-1-3-5-12/h1-8,10-11H,9H2,(H,19,21). The van der Waals surface area contributed by atoms with E-state index in [-0.39, 0.29) is 18.0 Å². The van der Waals surface area contributed by atoms with Crippen LogP contribution in [0.3, 0.4) is 0 Å². The Kier molecular flexibility index (Phi) is 3.96. The van der Waals surface area contributed by atoms with Crippen LogP contribution in [0, 0.1) is 5.82 Å². The van der Waals surface area contributed by atoms with Crippen LogP contribution in [0.4, 0.5) is 4.39 Å². The minimum atomic E-state index is -0.430.